The first-order chi connectivity index (χ1) is 10.4. The lowest BCUT2D eigenvalue weighted by atomic mass is 10.2. The van der Waals surface area contributed by atoms with Crippen molar-refractivity contribution in [2.45, 2.75) is 33.4 Å². The number of hydrogen-bond acceptors (Lipinski definition) is 6. The molecule has 22 heavy (non-hydrogen) atoms. The molecule has 0 aromatic heterocycles. The van der Waals surface area contributed by atoms with E-state index in [9.17, 15) is 20.2 Å². The lowest BCUT2D eigenvalue weighted by Gasteiger charge is -2.21. The maximum absolute atomic E-state index is 11.2. The quantitative estimate of drug-likeness (QED) is 0.497. The fraction of sp³-hybridized carbons (Fsp3) is 0.143. The van der Waals surface area contributed by atoms with Crippen LogP contribution < -0.4 is 0 Å². The highest BCUT2D eigenvalue weighted by atomic mass is 32.2. The van der Waals surface area contributed by atoms with Gasteiger partial charge >= 0.3 is 0 Å². The van der Waals surface area contributed by atoms with Crippen LogP contribution in [0.1, 0.15) is 11.1 Å². The predicted molar refractivity (Wildman–Crippen MR) is 83.9 cm³/mol. The van der Waals surface area contributed by atoms with E-state index in [2.05, 4.69) is 0 Å². The van der Waals surface area contributed by atoms with Crippen LogP contribution in [0.2, 0.25) is 0 Å². The number of nitro benzene ring substituents is 2. The van der Waals surface area contributed by atoms with E-state index in [1.165, 1.54) is 23.9 Å². The van der Waals surface area contributed by atoms with Crippen molar-refractivity contribution in [2.24, 2.45) is 0 Å². The van der Waals surface area contributed by atoms with Gasteiger partial charge in [-0.05, 0) is 25.0 Å². The number of aryl methyl sites for hydroxylation is 2. The topological polar surface area (TPSA) is 86.3 Å². The number of nitrogens with zero attached hydrogens (tertiary/aromatic N) is 2. The summed E-state index contributed by atoms with van der Waals surface area (Å²) in [6.07, 6.45) is 0. The summed E-state index contributed by atoms with van der Waals surface area (Å²) in [5, 5.41) is 22.5. The molecule has 2 aromatic rings. The van der Waals surface area contributed by atoms with Crippen LogP contribution in [0.4, 0.5) is 11.4 Å². The van der Waals surface area contributed by atoms with Gasteiger partial charge in [-0.1, -0.05) is 35.7 Å². The van der Waals surface area contributed by atoms with Crippen LogP contribution in [-0.2, 0) is 0 Å². The molecule has 0 fully saturated rings. The van der Waals surface area contributed by atoms with Gasteiger partial charge in [0.15, 0.2) is 0 Å². The molecule has 0 spiro atoms. The second-order valence-electron chi connectivity index (χ2n) is 4.84. The maximum Gasteiger partial charge on any atom is 0.284 e. The van der Waals surface area contributed by atoms with Crippen molar-refractivity contribution in [1.82, 2.24) is 0 Å². The van der Waals surface area contributed by atoms with Crippen LogP contribution in [0.15, 0.2) is 43.8 Å². The number of hydrogen-bond donors (Lipinski definition) is 0. The van der Waals surface area contributed by atoms with Gasteiger partial charge in [0.2, 0.25) is 0 Å². The smallest absolute Gasteiger partial charge is 0.258 e. The highest BCUT2D eigenvalue weighted by Crippen LogP contribution is 2.56. The first-order valence-corrected chi connectivity index (χ1v) is 7.95. The van der Waals surface area contributed by atoms with Crippen molar-refractivity contribution in [3.8, 4) is 0 Å². The van der Waals surface area contributed by atoms with Crippen LogP contribution >= 0.6 is 23.5 Å². The Balaban J connectivity index is 2.26. The Labute approximate surface area is 134 Å². The fourth-order valence-corrected chi connectivity index (χ4v) is 5.01. The molecule has 1 aliphatic rings. The monoisotopic (exact) mass is 334 g/mol. The molecule has 2 aromatic carbocycles. The first-order valence-electron chi connectivity index (χ1n) is 6.32. The van der Waals surface area contributed by atoms with Gasteiger partial charge in [-0.2, -0.15) is 0 Å². The Morgan fingerprint density at radius 1 is 0.727 bits per heavy atom. The van der Waals surface area contributed by atoms with Crippen molar-refractivity contribution < 1.29 is 9.85 Å². The van der Waals surface area contributed by atoms with Gasteiger partial charge in [0.25, 0.3) is 11.4 Å². The normalized spacial score (nSPS) is 12.5. The predicted octanol–water partition coefficient (Wildman–Crippen LogP) is 4.74. The van der Waals surface area contributed by atoms with Crippen molar-refractivity contribution >= 4 is 34.9 Å². The van der Waals surface area contributed by atoms with Crippen LogP contribution in [0.3, 0.4) is 0 Å². The van der Waals surface area contributed by atoms with E-state index in [1.807, 2.05) is 13.8 Å². The third-order valence-corrected chi connectivity index (χ3v) is 6.33. The summed E-state index contributed by atoms with van der Waals surface area (Å²) < 4.78 is 0. The number of fused-ring (bicyclic) bond motifs is 2. The van der Waals surface area contributed by atoms with E-state index in [0.717, 1.165) is 32.7 Å². The molecule has 0 unspecified atom stereocenters. The average Bonchev–Trinajstić information content (AvgIpc) is 2.46. The minimum atomic E-state index is -0.446. The molecule has 0 saturated heterocycles. The zero-order valence-corrected chi connectivity index (χ0v) is 13.3. The third-order valence-electron chi connectivity index (χ3n) is 3.38. The molecule has 3 rings (SSSR count). The Morgan fingerprint density at radius 2 is 1.09 bits per heavy atom. The molecule has 0 aliphatic carbocycles. The van der Waals surface area contributed by atoms with E-state index in [0.29, 0.717) is 9.79 Å². The Bertz CT molecular complexity index is 769. The summed E-state index contributed by atoms with van der Waals surface area (Å²) in [6, 6.07) is 6.33. The fourth-order valence-electron chi connectivity index (χ4n) is 2.24. The lowest BCUT2D eigenvalue weighted by Crippen LogP contribution is -2.02. The summed E-state index contributed by atoms with van der Waals surface area (Å²) in [7, 11) is 0. The zero-order chi connectivity index (χ0) is 16.0. The van der Waals surface area contributed by atoms with Crippen LogP contribution in [0.5, 0.6) is 0 Å². The molecule has 0 radical (unpaired) electrons. The Morgan fingerprint density at radius 3 is 1.45 bits per heavy atom. The van der Waals surface area contributed by atoms with Crippen molar-refractivity contribution in [3.05, 3.63) is 55.6 Å². The minimum Gasteiger partial charge on any atom is -0.258 e. The molecule has 112 valence electrons. The summed E-state index contributed by atoms with van der Waals surface area (Å²) in [5.41, 5.74) is 1.82. The average molecular weight is 334 g/mol. The molecule has 8 heteroatoms. The van der Waals surface area contributed by atoms with Gasteiger partial charge in [-0.15, -0.1) is 0 Å². The molecular weight excluding hydrogens is 324 g/mol. The second-order valence-corrected chi connectivity index (χ2v) is 6.88. The molecule has 6 nitrogen and oxygen atoms in total. The van der Waals surface area contributed by atoms with E-state index in [4.69, 9.17) is 0 Å². The Kier molecular flexibility index (Phi) is 3.57. The first kappa shape index (κ1) is 14.9. The molecule has 0 N–H and O–H groups in total. The van der Waals surface area contributed by atoms with E-state index in [-0.39, 0.29) is 11.4 Å². The molecule has 0 atom stereocenters. The van der Waals surface area contributed by atoms with Gasteiger partial charge in [0, 0.05) is 21.9 Å². The molecule has 1 heterocycles. The highest BCUT2D eigenvalue weighted by Gasteiger charge is 2.32. The van der Waals surface area contributed by atoms with Gasteiger partial charge in [-0.25, -0.2) is 0 Å². The summed E-state index contributed by atoms with van der Waals surface area (Å²) in [5.74, 6) is 0. The number of rotatable bonds is 2. The van der Waals surface area contributed by atoms with Crippen LogP contribution in [-0.4, -0.2) is 9.85 Å². The SMILES string of the molecule is Cc1ccc([N+](=O)[O-])c2c1Sc1c(C)ccc([N+](=O)[O-])c1S2. The van der Waals surface area contributed by atoms with Crippen molar-refractivity contribution in [2.75, 3.05) is 0 Å². The van der Waals surface area contributed by atoms with Crippen LogP contribution in [0, 0.1) is 34.1 Å². The van der Waals surface area contributed by atoms with Gasteiger partial charge in [-0.3, -0.25) is 20.2 Å². The summed E-state index contributed by atoms with van der Waals surface area (Å²) in [6.45, 7) is 3.77. The van der Waals surface area contributed by atoms with Gasteiger partial charge in [0.05, 0.1) is 9.85 Å². The largest absolute Gasteiger partial charge is 0.284 e. The van der Waals surface area contributed by atoms with Crippen LogP contribution in [0.25, 0.3) is 0 Å². The summed E-state index contributed by atoms with van der Waals surface area (Å²) >= 11 is 2.49. The number of nitro groups is 2. The molecule has 0 saturated carbocycles. The number of benzene rings is 2. The molecular formula is C14H10N2O4S2. The van der Waals surface area contributed by atoms with E-state index >= 15 is 0 Å². The van der Waals surface area contributed by atoms with Gasteiger partial charge < -0.3 is 0 Å². The maximum atomic E-state index is 11.2. The zero-order valence-electron chi connectivity index (χ0n) is 11.7. The molecule has 0 amide bonds. The molecule has 1 aliphatic heterocycles. The molecule has 0 bridgehead atoms. The minimum absolute atomic E-state index is 0.0143. The van der Waals surface area contributed by atoms with E-state index < -0.39 is 9.85 Å². The lowest BCUT2D eigenvalue weighted by molar-refractivity contribution is -0.388. The van der Waals surface area contributed by atoms with Crippen molar-refractivity contribution in [3.63, 3.8) is 0 Å². The van der Waals surface area contributed by atoms with E-state index in [1.54, 1.807) is 12.1 Å². The van der Waals surface area contributed by atoms with Gasteiger partial charge in [0.1, 0.15) is 9.79 Å². The Hall–Kier alpha value is -2.06. The summed E-state index contributed by atoms with van der Waals surface area (Å²) in [4.78, 5) is 24.1. The van der Waals surface area contributed by atoms with Crippen molar-refractivity contribution in [1.29, 1.82) is 0 Å². The third kappa shape index (κ3) is 2.24. The second kappa shape index (κ2) is 5.29. The standard InChI is InChI=1S/C14H10N2O4S2/c1-7-3-5-9(15(17)18)13-11(7)21-12-8(2)4-6-10(16(19)20)14(12)22-13/h3-6H,1-2H3. The highest BCUT2D eigenvalue weighted by molar-refractivity contribution is 8.05.